The Morgan fingerprint density at radius 1 is 1.27 bits per heavy atom. The van der Waals surface area contributed by atoms with Crippen LogP contribution in [0.5, 0.6) is 0 Å². The predicted octanol–water partition coefficient (Wildman–Crippen LogP) is 4.70. The highest BCUT2D eigenvalue weighted by molar-refractivity contribution is 7.80. The number of nitrogens with one attached hydrogen (secondary N) is 3. The van der Waals surface area contributed by atoms with Gasteiger partial charge in [-0.05, 0) is 45.5 Å². The van der Waals surface area contributed by atoms with Gasteiger partial charge in [0.05, 0.1) is 15.4 Å². The first-order valence-corrected chi connectivity index (χ1v) is 9.87. The van der Waals surface area contributed by atoms with E-state index in [4.69, 9.17) is 23.8 Å². The molecule has 0 unspecified atom stereocenters. The van der Waals surface area contributed by atoms with E-state index in [9.17, 15) is 9.59 Å². The molecule has 1 aromatic heterocycles. The Balaban J connectivity index is 2.30. The quantitative estimate of drug-likeness (QED) is 0.638. The molecule has 2 amide bonds. The molecule has 0 atom stereocenters. The molecule has 1 aromatic carbocycles. The molecule has 26 heavy (non-hydrogen) atoms. The second kappa shape index (κ2) is 8.33. The fourth-order valence-corrected chi connectivity index (χ4v) is 4.00. The highest BCUT2D eigenvalue weighted by atomic mass is 35.5. The SMILES string of the molecule is CCCC(=O)NC(=S)Nc1cccc2c(Cl)c(C(=O)NC(C)(C)C)sc12. The van der Waals surface area contributed by atoms with Crippen molar-refractivity contribution < 1.29 is 9.59 Å². The highest BCUT2D eigenvalue weighted by Gasteiger charge is 2.22. The monoisotopic (exact) mass is 411 g/mol. The lowest BCUT2D eigenvalue weighted by atomic mass is 10.1. The number of halogens is 1. The number of thiophene rings is 1. The number of hydrogen-bond donors (Lipinski definition) is 3. The topological polar surface area (TPSA) is 70.2 Å². The van der Waals surface area contributed by atoms with Crippen molar-refractivity contribution in [3.63, 3.8) is 0 Å². The Bertz CT molecular complexity index is 856. The van der Waals surface area contributed by atoms with Gasteiger partial charge in [0.25, 0.3) is 5.91 Å². The maximum atomic E-state index is 12.5. The molecule has 0 aliphatic carbocycles. The molecule has 0 saturated carbocycles. The lowest BCUT2D eigenvalue weighted by Gasteiger charge is -2.19. The van der Waals surface area contributed by atoms with Crippen molar-refractivity contribution >= 4 is 67.9 Å². The van der Waals surface area contributed by atoms with Gasteiger partial charge in [0, 0.05) is 17.3 Å². The second-order valence-electron chi connectivity index (χ2n) is 6.88. The lowest BCUT2D eigenvalue weighted by Crippen LogP contribution is -2.40. The molecule has 140 valence electrons. The van der Waals surface area contributed by atoms with E-state index in [1.807, 2.05) is 45.9 Å². The summed E-state index contributed by atoms with van der Waals surface area (Å²) in [5.41, 5.74) is 0.342. The molecule has 0 fully saturated rings. The van der Waals surface area contributed by atoms with Crippen LogP contribution in [0.2, 0.25) is 5.02 Å². The summed E-state index contributed by atoms with van der Waals surface area (Å²) in [5, 5.41) is 9.99. The van der Waals surface area contributed by atoms with Crippen molar-refractivity contribution in [3.8, 4) is 0 Å². The Hall–Kier alpha value is -1.70. The molecule has 3 N–H and O–H groups in total. The average Bonchev–Trinajstić information content (AvgIpc) is 2.84. The summed E-state index contributed by atoms with van der Waals surface area (Å²) in [6, 6.07) is 5.51. The maximum Gasteiger partial charge on any atom is 0.263 e. The molecule has 0 radical (unpaired) electrons. The number of carbonyl (C=O) groups is 2. The van der Waals surface area contributed by atoms with E-state index < -0.39 is 0 Å². The first kappa shape index (κ1) is 20.6. The zero-order valence-electron chi connectivity index (χ0n) is 15.2. The third-order valence-corrected chi connectivity index (χ3v) is 5.27. The smallest absolute Gasteiger partial charge is 0.263 e. The lowest BCUT2D eigenvalue weighted by molar-refractivity contribution is -0.119. The molecule has 0 saturated heterocycles. The number of rotatable bonds is 4. The zero-order chi connectivity index (χ0) is 19.5. The van der Waals surface area contributed by atoms with E-state index in [0.29, 0.717) is 22.0 Å². The van der Waals surface area contributed by atoms with Crippen LogP contribution in [0, 0.1) is 0 Å². The fourth-order valence-electron chi connectivity index (χ4n) is 2.30. The van der Waals surface area contributed by atoms with Crippen LogP contribution in [-0.4, -0.2) is 22.5 Å². The van der Waals surface area contributed by atoms with Crippen LogP contribution in [0.25, 0.3) is 10.1 Å². The van der Waals surface area contributed by atoms with Gasteiger partial charge in [0.15, 0.2) is 5.11 Å². The summed E-state index contributed by atoms with van der Waals surface area (Å²) in [6.45, 7) is 7.66. The average molecular weight is 412 g/mol. The van der Waals surface area contributed by atoms with Crippen molar-refractivity contribution in [3.05, 3.63) is 28.1 Å². The van der Waals surface area contributed by atoms with Gasteiger partial charge in [-0.2, -0.15) is 0 Å². The van der Waals surface area contributed by atoms with Gasteiger partial charge >= 0.3 is 0 Å². The van der Waals surface area contributed by atoms with Crippen molar-refractivity contribution in [1.29, 1.82) is 0 Å². The van der Waals surface area contributed by atoms with Crippen LogP contribution >= 0.6 is 35.2 Å². The van der Waals surface area contributed by atoms with Crippen LogP contribution in [-0.2, 0) is 4.79 Å². The van der Waals surface area contributed by atoms with Crippen LogP contribution in [0.15, 0.2) is 18.2 Å². The third-order valence-electron chi connectivity index (χ3n) is 3.33. The number of carbonyl (C=O) groups excluding carboxylic acids is 2. The summed E-state index contributed by atoms with van der Waals surface area (Å²) in [5.74, 6) is -0.347. The molecule has 1 heterocycles. The summed E-state index contributed by atoms with van der Waals surface area (Å²) in [7, 11) is 0. The van der Waals surface area contributed by atoms with Crippen LogP contribution in [0.1, 0.15) is 50.2 Å². The number of thiocarbonyl (C=S) groups is 1. The van der Waals surface area contributed by atoms with E-state index in [1.54, 1.807) is 0 Å². The molecule has 2 rings (SSSR count). The van der Waals surface area contributed by atoms with E-state index in [1.165, 1.54) is 11.3 Å². The summed E-state index contributed by atoms with van der Waals surface area (Å²) in [6.07, 6.45) is 1.16. The first-order chi connectivity index (χ1) is 12.1. The Kier molecular flexibility index (Phi) is 6.60. The van der Waals surface area contributed by atoms with Crippen molar-refractivity contribution in [2.45, 2.75) is 46.1 Å². The maximum absolute atomic E-state index is 12.5. The summed E-state index contributed by atoms with van der Waals surface area (Å²) < 4.78 is 0.809. The number of benzene rings is 1. The standard InChI is InChI=1S/C18H22ClN3O2S2/c1-5-7-12(23)21-17(25)20-11-9-6-8-10-13(19)15(26-14(10)11)16(24)22-18(2,3)4/h6,8-9H,5,7H2,1-4H3,(H,22,24)(H2,20,21,23,25). The van der Waals surface area contributed by atoms with E-state index >= 15 is 0 Å². The minimum absolute atomic E-state index is 0.133. The van der Waals surface area contributed by atoms with Gasteiger partial charge in [-0.3, -0.25) is 9.59 Å². The molecule has 0 aliphatic heterocycles. The molecular formula is C18H22ClN3O2S2. The van der Waals surface area contributed by atoms with E-state index in [0.717, 1.165) is 16.5 Å². The minimum atomic E-state index is -0.358. The van der Waals surface area contributed by atoms with Gasteiger partial charge in [0.1, 0.15) is 4.88 Å². The predicted molar refractivity (Wildman–Crippen MR) is 113 cm³/mol. The first-order valence-electron chi connectivity index (χ1n) is 8.26. The number of amides is 2. The Labute approximate surface area is 167 Å². The molecule has 0 aliphatic rings. The van der Waals surface area contributed by atoms with Gasteiger partial charge in [0.2, 0.25) is 5.91 Å². The zero-order valence-corrected chi connectivity index (χ0v) is 17.5. The van der Waals surface area contributed by atoms with Crippen LogP contribution in [0.4, 0.5) is 5.69 Å². The molecule has 2 aromatic rings. The van der Waals surface area contributed by atoms with Crippen LogP contribution < -0.4 is 16.0 Å². The molecule has 8 heteroatoms. The molecular weight excluding hydrogens is 390 g/mol. The Morgan fingerprint density at radius 2 is 1.96 bits per heavy atom. The van der Waals surface area contributed by atoms with Crippen molar-refractivity contribution in [2.75, 3.05) is 5.32 Å². The van der Waals surface area contributed by atoms with Gasteiger partial charge in [-0.15, -0.1) is 11.3 Å². The summed E-state index contributed by atoms with van der Waals surface area (Å²) in [4.78, 5) is 24.6. The highest BCUT2D eigenvalue weighted by Crippen LogP contribution is 2.39. The van der Waals surface area contributed by atoms with E-state index in [2.05, 4.69) is 16.0 Å². The molecule has 0 bridgehead atoms. The van der Waals surface area contributed by atoms with Crippen molar-refractivity contribution in [1.82, 2.24) is 10.6 Å². The van der Waals surface area contributed by atoms with Gasteiger partial charge < -0.3 is 16.0 Å². The summed E-state index contributed by atoms with van der Waals surface area (Å²) >= 11 is 12.9. The number of fused-ring (bicyclic) bond motifs is 1. The molecule has 5 nitrogen and oxygen atoms in total. The fraction of sp³-hybridized carbons (Fsp3) is 0.389. The van der Waals surface area contributed by atoms with Gasteiger partial charge in [-0.25, -0.2) is 0 Å². The largest absolute Gasteiger partial charge is 0.347 e. The third kappa shape index (κ3) is 5.16. The van der Waals surface area contributed by atoms with Gasteiger partial charge in [-0.1, -0.05) is 30.7 Å². The number of hydrogen-bond acceptors (Lipinski definition) is 4. The minimum Gasteiger partial charge on any atom is -0.347 e. The van der Waals surface area contributed by atoms with Crippen molar-refractivity contribution in [2.24, 2.45) is 0 Å². The number of anilines is 1. The second-order valence-corrected chi connectivity index (χ2v) is 8.69. The Morgan fingerprint density at radius 3 is 2.58 bits per heavy atom. The van der Waals surface area contributed by atoms with E-state index in [-0.39, 0.29) is 22.5 Å². The molecule has 0 spiro atoms. The normalized spacial score (nSPS) is 11.3. The van der Waals surface area contributed by atoms with Crippen LogP contribution in [0.3, 0.4) is 0 Å².